The molecule has 0 radical (unpaired) electrons. The van der Waals surface area contributed by atoms with Gasteiger partial charge in [0.15, 0.2) is 11.0 Å². The second-order valence-corrected chi connectivity index (χ2v) is 8.01. The summed E-state index contributed by atoms with van der Waals surface area (Å²) in [6.45, 7) is 0.438. The Bertz CT molecular complexity index is 1100. The van der Waals surface area contributed by atoms with Crippen molar-refractivity contribution in [3.63, 3.8) is 0 Å². The van der Waals surface area contributed by atoms with Crippen molar-refractivity contribution in [3.8, 4) is 28.6 Å². The van der Waals surface area contributed by atoms with Crippen LogP contribution in [0.5, 0.6) is 11.5 Å². The second-order valence-electron chi connectivity index (χ2n) is 6.95. The average Bonchev–Trinajstić information content (AvgIpc) is 3.39. The standard InChI is InChI=1S/C22H23N5O4S/c1-30-16-10-8-15(9-11-16)27-20(17-6-3-4-7-18(17)31-2)24-25-22(27)32-13-5-12-26-19(28)14-23-21(26)29/h3-4,6-11H,5,12-14H2,1-2H3,(H,23,29). The molecule has 1 aromatic heterocycles. The maximum Gasteiger partial charge on any atom is 0.324 e. The molecule has 9 nitrogen and oxygen atoms in total. The van der Waals surface area contributed by atoms with E-state index in [4.69, 9.17) is 9.47 Å². The predicted molar refractivity (Wildman–Crippen MR) is 120 cm³/mol. The first-order valence-electron chi connectivity index (χ1n) is 10.1. The van der Waals surface area contributed by atoms with Crippen LogP contribution in [-0.4, -0.2) is 64.7 Å². The van der Waals surface area contributed by atoms with Gasteiger partial charge in [0.2, 0.25) is 5.91 Å². The molecule has 1 aliphatic rings. The summed E-state index contributed by atoms with van der Waals surface area (Å²) in [7, 11) is 3.25. The summed E-state index contributed by atoms with van der Waals surface area (Å²) < 4.78 is 12.8. The van der Waals surface area contributed by atoms with E-state index >= 15 is 0 Å². The molecule has 166 valence electrons. The van der Waals surface area contributed by atoms with Crippen LogP contribution in [0.15, 0.2) is 53.7 Å². The largest absolute Gasteiger partial charge is 0.497 e. The van der Waals surface area contributed by atoms with Crippen molar-refractivity contribution < 1.29 is 19.1 Å². The molecule has 0 bridgehead atoms. The van der Waals surface area contributed by atoms with Crippen LogP contribution in [-0.2, 0) is 4.79 Å². The molecule has 0 aliphatic carbocycles. The number of hydrogen-bond acceptors (Lipinski definition) is 7. The van der Waals surface area contributed by atoms with E-state index in [1.165, 1.54) is 16.7 Å². The molecule has 1 saturated heterocycles. The summed E-state index contributed by atoms with van der Waals surface area (Å²) in [6.07, 6.45) is 0.642. The molecule has 0 unspecified atom stereocenters. The highest BCUT2D eigenvalue weighted by molar-refractivity contribution is 7.99. The Kier molecular flexibility index (Phi) is 6.60. The molecule has 0 atom stereocenters. The lowest BCUT2D eigenvalue weighted by Gasteiger charge is -2.14. The smallest absolute Gasteiger partial charge is 0.324 e. The van der Waals surface area contributed by atoms with E-state index in [0.717, 1.165) is 17.0 Å². The summed E-state index contributed by atoms with van der Waals surface area (Å²) in [5.41, 5.74) is 1.71. The molecule has 32 heavy (non-hydrogen) atoms. The number of ether oxygens (including phenoxy) is 2. The van der Waals surface area contributed by atoms with Gasteiger partial charge in [0.25, 0.3) is 0 Å². The molecule has 0 saturated carbocycles. The first-order chi connectivity index (χ1) is 15.6. The van der Waals surface area contributed by atoms with Crippen molar-refractivity contribution in [2.24, 2.45) is 0 Å². The van der Waals surface area contributed by atoms with Gasteiger partial charge in [-0.2, -0.15) is 0 Å². The van der Waals surface area contributed by atoms with Crippen LogP contribution in [0.2, 0.25) is 0 Å². The molecule has 4 rings (SSSR count). The van der Waals surface area contributed by atoms with E-state index in [1.54, 1.807) is 14.2 Å². The summed E-state index contributed by atoms with van der Waals surface area (Å²) in [4.78, 5) is 24.7. The number of para-hydroxylation sites is 1. The summed E-state index contributed by atoms with van der Waals surface area (Å²) in [5.74, 6) is 2.58. The zero-order valence-corrected chi connectivity index (χ0v) is 18.6. The zero-order valence-electron chi connectivity index (χ0n) is 17.8. The monoisotopic (exact) mass is 453 g/mol. The number of benzene rings is 2. The van der Waals surface area contributed by atoms with Crippen molar-refractivity contribution in [2.75, 3.05) is 33.1 Å². The second kappa shape index (κ2) is 9.73. The Morgan fingerprint density at radius 3 is 2.50 bits per heavy atom. The van der Waals surface area contributed by atoms with Crippen molar-refractivity contribution in [1.82, 2.24) is 25.0 Å². The molecular weight excluding hydrogens is 430 g/mol. The number of carbonyl (C=O) groups excluding carboxylic acids is 2. The molecule has 1 fully saturated rings. The van der Waals surface area contributed by atoms with Gasteiger partial charge in [0, 0.05) is 12.3 Å². The van der Waals surface area contributed by atoms with Crippen molar-refractivity contribution in [1.29, 1.82) is 0 Å². The van der Waals surface area contributed by atoms with Crippen LogP contribution in [0.3, 0.4) is 0 Å². The van der Waals surface area contributed by atoms with Gasteiger partial charge in [-0.15, -0.1) is 10.2 Å². The predicted octanol–water partition coefficient (Wildman–Crippen LogP) is 2.99. The van der Waals surface area contributed by atoms with E-state index < -0.39 is 0 Å². The van der Waals surface area contributed by atoms with Gasteiger partial charge in [0.05, 0.1) is 32.0 Å². The number of carbonyl (C=O) groups is 2. The van der Waals surface area contributed by atoms with E-state index in [9.17, 15) is 9.59 Å². The minimum Gasteiger partial charge on any atom is -0.497 e. The number of nitrogens with zero attached hydrogens (tertiary/aromatic N) is 4. The van der Waals surface area contributed by atoms with Crippen LogP contribution in [0.25, 0.3) is 17.1 Å². The lowest BCUT2D eigenvalue weighted by atomic mass is 10.2. The van der Waals surface area contributed by atoms with E-state index in [-0.39, 0.29) is 18.5 Å². The third-order valence-corrected chi connectivity index (χ3v) is 6.02. The maximum absolute atomic E-state index is 11.7. The minimum atomic E-state index is -0.333. The number of thioether (sulfide) groups is 1. The number of rotatable bonds is 9. The number of urea groups is 1. The fourth-order valence-corrected chi connectivity index (χ4v) is 4.27. The fraction of sp³-hybridized carbons (Fsp3) is 0.273. The topological polar surface area (TPSA) is 98.6 Å². The molecule has 2 aromatic carbocycles. The van der Waals surface area contributed by atoms with Crippen LogP contribution in [0.4, 0.5) is 4.79 Å². The lowest BCUT2D eigenvalue weighted by Crippen LogP contribution is -2.32. The number of hydrogen-bond donors (Lipinski definition) is 1. The summed E-state index contributed by atoms with van der Waals surface area (Å²) in [5, 5.41) is 12.1. The molecule has 0 spiro atoms. The molecule has 10 heteroatoms. The number of amides is 3. The summed E-state index contributed by atoms with van der Waals surface area (Å²) in [6, 6.07) is 15.0. The Hall–Kier alpha value is -3.53. The highest BCUT2D eigenvalue weighted by Crippen LogP contribution is 2.33. The van der Waals surface area contributed by atoms with Gasteiger partial charge in [-0.3, -0.25) is 14.3 Å². The Labute approximate surface area is 189 Å². The molecule has 3 amide bonds. The van der Waals surface area contributed by atoms with E-state index in [0.29, 0.717) is 35.4 Å². The number of nitrogens with one attached hydrogen (secondary N) is 1. The molecule has 1 N–H and O–H groups in total. The van der Waals surface area contributed by atoms with Gasteiger partial charge in [-0.25, -0.2) is 4.79 Å². The molecular formula is C22H23N5O4S. The van der Waals surface area contributed by atoms with Gasteiger partial charge < -0.3 is 14.8 Å². The fourth-order valence-electron chi connectivity index (χ4n) is 3.40. The third kappa shape index (κ3) is 4.40. The molecule has 3 aromatic rings. The SMILES string of the molecule is COc1ccc(-n2c(SCCCN3C(=O)CNC3=O)nnc2-c2ccccc2OC)cc1. The molecule has 2 heterocycles. The van der Waals surface area contributed by atoms with Crippen molar-refractivity contribution in [3.05, 3.63) is 48.5 Å². The van der Waals surface area contributed by atoms with Crippen LogP contribution in [0.1, 0.15) is 6.42 Å². The minimum absolute atomic E-state index is 0.0695. The Morgan fingerprint density at radius 2 is 1.81 bits per heavy atom. The van der Waals surface area contributed by atoms with E-state index in [1.807, 2.05) is 53.1 Å². The first kappa shape index (κ1) is 21.7. The maximum atomic E-state index is 11.7. The Balaban J connectivity index is 1.59. The van der Waals surface area contributed by atoms with Gasteiger partial charge in [0.1, 0.15) is 11.5 Å². The number of imide groups is 1. The number of aromatic nitrogens is 3. The van der Waals surface area contributed by atoms with E-state index in [2.05, 4.69) is 15.5 Å². The van der Waals surface area contributed by atoms with Gasteiger partial charge >= 0.3 is 6.03 Å². The van der Waals surface area contributed by atoms with Crippen molar-refractivity contribution in [2.45, 2.75) is 11.6 Å². The Morgan fingerprint density at radius 1 is 1.03 bits per heavy atom. The molecule has 1 aliphatic heterocycles. The van der Waals surface area contributed by atoms with Gasteiger partial charge in [-0.1, -0.05) is 23.9 Å². The quantitative estimate of drug-likeness (QED) is 0.302. The number of methoxy groups -OCH3 is 2. The lowest BCUT2D eigenvalue weighted by molar-refractivity contribution is -0.124. The average molecular weight is 454 g/mol. The summed E-state index contributed by atoms with van der Waals surface area (Å²) >= 11 is 1.51. The van der Waals surface area contributed by atoms with Crippen LogP contribution in [0, 0.1) is 0 Å². The third-order valence-electron chi connectivity index (χ3n) is 5.01. The van der Waals surface area contributed by atoms with Crippen LogP contribution < -0.4 is 14.8 Å². The van der Waals surface area contributed by atoms with Crippen molar-refractivity contribution >= 4 is 23.7 Å². The highest BCUT2D eigenvalue weighted by atomic mass is 32.2. The first-order valence-corrected chi connectivity index (χ1v) is 11.0. The van der Waals surface area contributed by atoms with Gasteiger partial charge in [-0.05, 0) is 42.8 Å². The normalized spacial score (nSPS) is 13.4. The van der Waals surface area contributed by atoms with Crippen LogP contribution >= 0.6 is 11.8 Å². The highest BCUT2D eigenvalue weighted by Gasteiger charge is 2.27. The zero-order chi connectivity index (χ0) is 22.5.